The zero-order valence-corrected chi connectivity index (χ0v) is 8.42. The van der Waals surface area contributed by atoms with E-state index in [0.29, 0.717) is 17.2 Å². The van der Waals surface area contributed by atoms with Gasteiger partial charge in [-0.05, 0) is 29.9 Å². The first-order valence-electron chi connectivity index (χ1n) is 4.03. The largest absolute Gasteiger partial charge is 0.366 e. The van der Waals surface area contributed by atoms with E-state index in [1.807, 2.05) is 0 Å². The molecular weight excluding hydrogens is 206 g/mol. The van der Waals surface area contributed by atoms with Crippen LogP contribution in [0.2, 0.25) is 0 Å². The normalized spacial score (nSPS) is 9.64. The van der Waals surface area contributed by atoms with Crippen LogP contribution in [-0.4, -0.2) is 12.2 Å². The van der Waals surface area contributed by atoms with Gasteiger partial charge < -0.3 is 10.6 Å². The number of benzene rings is 1. The Morgan fingerprint density at radius 2 is 2.07 bits per heavy atom. The second kappa shape index (κ2) is 4.85. The Bertz CT molecular complexity index is 342. The molecule has 5 heteroatoms. The Balaban J connectivity index is 2.60. The van der Waals surface area contributed by atoms with E-state index in [0.717, 1.165) is 12.1 Å². The molecule has 0 aliphatic rings. The van der Waals surface area contributed by atoms with Crippen LogP contribution in [0, 0.1) is 11.6 Å². The molecule has 0 bridgehead atoms. The maximum atomic E-state index is 12.7. The molecule has 2 nitrogen and oxygen atoms in total. The zero-order chi connectivity index (χ0) is 10.6. The van der Waals surface area contributed by atoms with Gasteiger partial charge in [0.25, 0.3) is 0 Å². The summed E-state index contributed by atoms with van der Waals surface area (Å²) in [5.41, 5.74) is 0.640. The number of hydrogen-bond donors (Lipinski definition) is 2. The van der Waals surface area contributed by atoms with E-state index in [4.69, 9.17) is 12.2 Å². The van der Waals surface area contributed by atoms with Gasteiger partial charge in [-0.15, -0.1) is 0 Å². The summed E-state index contributed by atoms with van der Waals surface area (Å²) < 4.78 is 25.3. The van der Waals surface area contributed by atoms with E-state index in [9.17, 15) is 8.78 Å². The van der Waals surface area contributed by atoms with Gasteiger partial charge in [-0.1, -0.05) is 6.07 Å². The minimum Gasteiger partial charge on any atom is -0.366 e. The first-order chi connectivity index (χ1) is 6.63. The number of nitrogens with one attached hydrogen (secondary N) is 2. The van der Waals surface area contributed by atoms with E-state index in [2.05, 4.69) is 10.6 Å². The first kappa shape index (κ1) is 10.8. The number of thiocarbonyl (C=S) groups is 1. The highest BCUT2D eigenvalue weighted by atomic mass is 32.1. The van der Waals surface area contributed by atoms with Crippen molar-refractivity contribution in [2.24, 2.45) is 0 Å². The molecule has 0 saturated carbocycles. The third kappa shape index (κ3) is 2.92. The predicted octanol–water partition coefficient (Wildman–Crippen LogP) is 1.56. The molecule has 0 aliphatic heterocycles. The fourth-order valence-corrected chi connectivity index (χ4v) is 0.992. The molecule has 1 aromatic carbocycles. The molecule has 0 aliphatic carbocycles. The highest BCUT2D eigenvalue weighted by Gasteiger charge is 2.02. The molecule has 76 valence electrons. The number of halogens is 2. The Morgan fingerprint density at radius 1 is 1.36 bits per heavy atom. The van der Waals surface area contributed by atoms with Crippen LogP contribution in [0.3, 0.4) is 0 Å². The van der Waals surface area contributed by atoms with Gasteiger partial charge in [0.2, 0.25) is 0 Å². The lowest BCUT2D eigenvalue weighted by Crippen LogP contribution is -2.31. The van der Waals surface area contributed by atoms with Crippen molar-refractivity contribution < 1.29 is 8.78 Å². The highest BCUT2D eigenvalue weighted by molar-refractivity contribution is 7.80. The minimum atomic E-state index is -0.848. The van der Waals surface area contributed by atoms with Crippen LogP contribution < -0.4 is 10.6 Å². The lowest BCUT2D eigenvalue weighted by molar-refractivity contribution is 0.507. The molecule has 0 unspecified atom stereocenters. The van der Waals surface area contributed by atoms with Gasteiger partial charge >= 0.3 is 0 Å². The minimum absolute atomic E-state index is 0.372. The van der Waals surface area contributed by atoms with Crippen molar-refractivity contribution in [1.82, 2.24) is 10.6 Å². The molecule has 1 aromatic rings. The topological polar surface area (TPSA) is 24.1 Å². The van der Waals surface area contributed by atoms with Crippen molar-refractivity contribution >= 4 is 17.3 Å². The fraction of sp³-hybridized carbons (Fsp3) is 0.222. The Morgan fingerprint density at radius 3 is 2.64 bits per heavy atom. The molecule has 14 heavy (non-hydrogen) atoms. The van der Waals surface area contributed by atoms with E-state index < -0.39 is 11.6 Å². The van der Waals surface area contributed by atoms with Crippen molar-refractivity contribution in [3.8, 4) is 0 Å². The van der Waals surface area contributed by atoms with Gasteiger partial charge in [0.05, 0.1) is 0 Å². The van der Waals surface area contributed by atoms with Crippen LogP contribution in [0.25, 0.3) is 0 Å². The SMILES string of the molecule is CNC(=S)NCc1ccc(F)c(F)c1. The average Bonchev–Trinajstić information content (AvgIpc) is 2.19. The van der Waals surface area contributed by atoms with Crippen LogP contribution in [0.15, 0.2) is 18.2 Å². The lowest BCUT2D eigenvalue weighted by atomic mass is 10.2. The first-order valence-corrected chi connectivity index (χ1v) is 4.44. The van der Waals surface area contributed by atoms with Gasteiger partial charge in [0.1, 0.15) is 0 Å². The molecule has 0 amide bonds. The maximum Gasteiger partial charge on any atom is 0.166 e. The molecule has 1 rings (SSSR count). The van der Waals surface area contributed by atoms with Gasteiger partial charge in [0.15, 0.2) is 16.7 Å². The summed E-state index contributed by atoms with van der Waals surface area (Å²) in [5.74, 6) is -1.69. The summed E-state index contributed by atoms with van der Waals surface area (Å²) in [6.07, 6.45) is 0. The van der Waals surface area contributed by atoms with Crippen molar-refractivity contribution in [2.75, 3.05) is 7.05 Å². The summed E-state index contributed by atoms with van der Waals surface area (Å²) in [7, 11) is 1.68. The van der Waals surface area contributed by atoms with Crippen LogP contribution in [-0.2, 0) is 6.54 Å². The van der Waals surface area contributed by atoms with E-state index in [1.54, 1.807) is 7.05 Å². The maximum absolute atomic E-state index is 12.7. The van der Waals surface area contributed by atoms with Crippen LogP contribution >= 0.6 is 12.2 Å². The van der Waals surface area contributed by atoms with Crippen LogP contribution in [0.1, 0.15) is 5.56 Å². The van der Waals surface area contributed by atoms with Crippen molar-refractivity contribution in [3.05, 3.63) is 35.4 Å². The summed E-state index contributed by atoms with van der Waals surface area (Å²) >= 11 is 4.82. The highest BCUT2D eigenvalue weighted by Crippen LogP contribution is 2.08. The van der Waals surface area contributed by atoms with Crippen LogP contribution in [0.4, 0.5) is 8.78 Å². The zero-order valence-electron chi connectivity index (χ0n) is 7.60. The molecule has 0 spiro atoms. The standard InChI is InChI=1S/C9H10F2N2S/c1-12-9(14)13-5-6-2-3-7(10)8(11)4-6/h2-4H,5H2,1H3,(H2,12,13,14). The molecule has 0 fully saturated rings. The molecule has 2 N–H and O–H groups in total. The monoisotopic (exact) mass is 216 g/mol. The van der Waals surface area contributed by atoms with E-state index >= 15 is 0 Å². The molecule has 0 atom stereocenters. The third-order valence-corrected chi connectivity index (χ3v) is 2.01. The molecule has 0 saturated heterocycles. The summed E-state index contributed by atoms with van der Waals surface area (Å²) in [6, 6.07) is 3.74. The third-order valence-electron chi connectivity index (χ3n) is 1.66. The van der Waals surface area contributed by atoms with Gasteiger partial charge in [-0.25, -0.2) is 8.78 Å². The van der Waals surface area contributed by atoms with E-state index in [1.165, 1.54) is 6.07 Å². The average molecular weight is 216 g/mol. The molecule has 0 aromatic heterocycles. The number of rotatable bonds is 2. The summed E-state index contributed by atoms with van der Waals surface area (Å²) in [4.78, 5) is 0. The van der Waals surface area contributed by atoms with Crippen LogP contribution in [0.5, 0.6) is 0 Å². The van der Waals surface area contributed by atoms with Crippen molar-refractivity contribution in [2.45, 2.75) is 6.54 Å². The summed E-state index contributed by atoms with van der Waals surface area (Å²) in [6.45, 7) is 0.372. The number of hydrogen-bond acceptors (Lipinski definition) is 1. The Kier molecular flexibility index (Phi) is 3.76. The predicted molar refractivity (Wildman–Crippen MR) is 54.9 cm³/mol. The Labute approximate surface area is 86.3 Å². The fourth-order valence-electron chi connectivity index (χ4n) is 0.920. The molecular formula is C9H10F2N2S. The Hall–Kier alpha value is -1.23. The van der Waals surface area contributed by atoms with Gasteiger partial charge in [-0.2, -0.15) is 0 Å². The molecule has 0 radical (unpaired) electrons. The van der Waals surface area contributed by atoms with Crippen molar-refractivity contribution in [3.63, 3.8) is 0 Å². The van der Waals surface area contributed by atoms with Gasteiger partial charge in [0, 0.05) is 13.6 Å². The van der Waals surface area contributed by atoms with E-state index in [-0.39, 0.29) is 0 Å². The van der Waals surface area contributed by atoms with Gasteiger partial charge in [-0.3, -0.25) is 0 Å². The quantitative estimate of drug-likeness (QED) is 0.734. The molecule has 0 heterocycles. The second-order valence-corrected chi connectivity index (χ2v) is 3.09. The lowest BCUT2D eigenvalue weighted by Gasteiger charge is -2.06. The second-order valence-electron chi connectivity index (χ2n) is 2.68. The summed E-state index contributed by atoms with van der Waals surface area (Å²) in [5, 5.41) is 6.01. The smallest absolute Gasteiger partial charge is 0.166 e. The van der Waals surface area contributed by atoms with Crippen molar-refractivity contribution in [1.29, 1.82) is 0 Å².